The van der Waals surface area contributed by atoms with Gasteiger partial charge in [0.05, 0.1) is 24.8 Å². The zero-order valence-electron chi connectivity index (χ0n) is 21.7. The number of hydrogen-bond acceptors (Lipinski definition) is 6. The van der Waals surface area contributed by atoms with Crippen LogP contribution in [0.4, 0.5) is 0 Å². The molecule has 0 spiro atoms. The van der Waals surface area contributed by atoms with Gasteiger partial charge in [0.15, 0.2) is 5.72 Å². The first-order valence-electron chi connectivity index (χ1n) is 12.5. The Kier molecular flexibility index (Phi) is 7.63. The Hall–Kier alpha value is -3.40. The number of pyridine rings is 1. The van der Waals surface area contributed by atoms with Crippen molar-refractivity contribution >= 4 is 0 Å². The average molecular weight is 486 g/mol. The molecule has 0 radical (unpaired) electrons. The van der Waals surface area contributed by atoms with Gasteiger partial charge >= 0.3 is 0 Å². The molecule has 3 aromatic rings. The second kappa shape index (κ2) is 10.7. The van der Waals surface area contributed by atoms with Gasteiger partial charge in [-0.05, 0) is 82.0 Å². The fraction of sp³-hybridized carbons (Fsp3) is 0.400. The summed E-state index contributed by atoms with van der Waals surface area (Å²) in [7, 11) is 0. The predicted molar refractivity (Wildman–Crippen MR) is 140 cm³/mol. The fourth-order valence-electron chi connectivity index (χ4n) is 4.57. The van der Waals surface area contributed by atoms with Gasteiger partial charge in [0, 0.05) is 24.2 Å². The van der Waals surface area contributed by atoms with Gasteiger partial charge in [-0.3, -0.25) is 5.32 Å². The molecule has 1 aliphatic heterocycles. The number of nitrogens with zero attached hydrogens (tertiary/aromatic N) is 2. The lowest BCUT2D eigenvalue weighted by Gasteiger charge is -2.37. The molecule has 0 amide bonds. The molecule has 1 unspecified atom stereocenters. The van der Waals surface area contributed by atoms with Crippen molar-refractivity contribution in [2.75, 3.05) is 13.2 Å². The van der Waals surface area contributed by atoms with Crippen LogP contribution in [-0.2, 0) is 11.2 Å². The Balaban J connectivity index is 1.56. The second-order valence-corrected chi connectivity index (χ2v) is 9.96. The van der Waals surface area contributed by atoms with Crippen LogP contribution in [0, 0.1) is 18.3 Å². The quantitative estimate of drug-likeness (QED) is 0.359. The van der Waals surface area contributed by atoms with Crippen molar-refractivity contribution in [3.63, 3.8) is 0 Å². The minimum Gasteiger partial charge on any atom is -0.494 e. The standard InChI is InChI=1S/C30H35N3O3/c1-6-34-26-13-11-23(12-14-26)17-27(25-9-7-8-24(16-25)18-31)22(3)33-30(20-35-30)29(4,5)36-28-15-10-21(2)19-32-28/h7-16,19,22,27,33H,6,17,20H2,1-5H3/t22-,27+,30?/m0/s1. The second-order valence-electron chi connectivity index (χ2n) is 9.96. The molecule has 3 atom stereocenters. The maximum Gasteiger partial charge on any atom is 0.213 e. The molecule has 188 valence electrons. The average Bonchev–Trinajstić information content (AvgIpc) is 3.66. The number of nitriles is 1. The highest BCUT2D eigenvalue weighted by Crippen LogP contribution is 2.40. The van der Waals surface area contributed by atoms with Crippen LogP contribution in [0.15, 0.2) is 66.9 Å². The van der Waals surface area contributed by atoms with E-state index in [1.807, 2.05) is 70.2 Å². The van der Waals surface area contributed by atoms with E-state index in [1.54, 1.807) is 6.20 Å². The van der Waals surface area contributed by atoms with Crippen LogP contribution in [-0.4, -0.2) is 35.6 Å². The van der Waals surface area contributed by atoms with Crippen molar-refractivity contribution in [3.8, 4) is 17.7 Å². The van der Waals surface area contributed by atoms with Gasteiger partial charge in [0.1, 0.15) is 11.4 Å². The minimum absolute atomic E-state index is 0.0295. The number of hydrogen-bond donors (Lipinski definition) is 1. The Morgan fingerprint density at radius 2 is 1.92 bits per heavy atom. The Morgan fingerprint density at radius 3 is 2.53 bits per heavy atom. The van der Waals surface area contributed by atoms with E-state index in [-0.39, 0.29) is 12.0 Å². The highest BCUT2D eigenvalue weighted by molar-refractivity contribution is 5.37. The molecule has 1 N–H and O–H groups in total. The fourth-order valence-corrected chi connectivity index (χ4v) is 4.57. The highest BCUT2D eigenvalue weighted by Gasteiger charge is 2.60. The van der Waals surface area contributed by atoms with Crippen molar-refractivity contribution in [2.45, 2.75) is 64.3 Å². The van der Waals surface area contributed by atoms with Crippen LogP contribution < -0.4 is 14.8 Å². The zero-order chi connectivity index (χ0) is 25.8. The third kappa shape index (κ3) is 5.87. The molecule has 6 heteroatoms. The summed E-state index contributed by atoms with van der Waals surface area (Å²) in [4.78, 5) is 4.42. The van der Waals surface area contributed by atoms with Gasteiger partial charge < -0.3 is 14.2 Å². The number of aromatic nitrogens is 1. The molecule has 0 saturated carbocycles. The number of nitrogens with one attached hydrogen (secondary N) is 1. The molecular weight excluding hydrogens is 450 g/mol. The van der Waals surface area contributed by atoms with E-state index < -0.39 is 11.3 Å². The first kappa shape index (κ1) is 25.7. The molecule has 0 bridgehead atoms. The molecule has 2 aromatic carbocycles. The maximum atomic E-state index is 9.49. The predicted octanol–water partition coefficient (Wildman–Crippen LogP) is 5.55. The Morgan fingerprint density at radius 1 is 1.17 bits per heavy atom. The summed E-state index contributed by atoms with van der Waals surface area (Å²) in [6.07, 6.45) is 2.60. The van der Waals surface area contributed by atoms with Gasteiger partial charge in [0.25, 0.3) is 0 Å². The molecule has 1 aliphatic rings. The lowest BCUT2D eigenvalue weighted by Crippen LogP contribution is -2.58. The zero-order valence-corrected chi connectivity index (χ0v) is 21.7. The summed E-state index contributed by atoms with van der Waals surface area (Å²) in [5.74, 6) is 1.54. The molecule has 36 heavy (non-hydrogen) atoms. The number of aryl methyl sites for hydroxylation is 1. The van der Waals surface area contributed by atoms with Gasteiger partial charge in [-0.25, -0.2) is 4.98 Å². The van der Waals surface area contributed by atoms with E-state index in [2.05, 4.69) is 41.5 Å². The van der Waals surface area contributed by atoms with Crippen LogP contribution in [0.2, 0.25) is 0 Å². The minimum atomic E-state index is -0.651. The van der Waals surface area contributed by atoms with Crippen LogP contribution in [0.25, 0.3) is 0 Å². The van der Waals surface area contributed by atoms with Crippen molar-refractivity contribution in [2.24, 2.45) is 0 Å². The SMILES string of the molecule is CCOc1ccc(C[C@@H](c2cccc(C#N)c2)[C@H](C)NC2(C(C)(C)Oc3ccc(C)cn3)CO2)cc1. The van der Waals surface area contributed by atoms with E-state index in [4.69, 9.17) is 14.2 Å². The topological polar surface area (TPSA) is 79.7 Å². The number of rotatable bonds is 11. The van der Waals surface area contributed by atoms with Crippen LogP contribution in [0.3, 0.4) is 0 Å². The van der Waals surface area contributed by atoms with E-state index in [0.717, 1.165) is 23.3 Å². The lowest BCUT2D eigenvalue weighted by molar-refractivity contribution is -0.0102. The smallest absolute Gasteiger partial charge is 0.213 e. The third-order valence-electron chi connectivity index (χ3n) is 6.85. The highest BCUT2D eigenvalue weighted by atomic mass is 16.6. The molecule has 6 nitrogen and oxygen atoms in total. The van der Waals surface area contributed by atoms with Crippen molar-refractivity contribution in [1.82, 2.24) is 10.3 Å². The Labute approximate surface area is 214 Å². The molecule has 1 fully saturated rings. The van der Waals surface area contributed by atoms with E-state index in [0.29, 0.717) is 24.7 Å². The van der Waals surface area contributed by atoms with Gasteiger partial charge in [0.2, 0.25) is 5.88 Å². The maximum absolute atomic E-state index is 9.49. The summed E-state index contributed by atoms with van der Waals surface area (Å²) in [6.45, 7) is 11.4. The van der Waals surface area contributed by atoms with Gasteiger partial charge in [-0.1, -0.05) is 30.3 Å². The summed E-state index contributed by atoms with van der Waals surface area (Å²) < 4.78 is 17.9. The summed E-state index contributed by atoms with van der Waals surface area (Å²) in [5.41, 5.74) is 2.76. The molecular formula is C30H35N3O3. The number of benzene rings is 2. The normalized spacial score (nSPS) is 18.7. The van der Waals surface area contributed by atoms with E-state index in [1.165, 1.54) is 5.56 Å². The summed E-state index contributed by atoms with van der Waals surface area (Å²) in [5, 5.41) is 13.2. The molecule has 1 saturated heterocycles. The lowest BCUT2D eigenvalue weighted by atomic mass is 9.84. The first-order valence-corrected chi connectivity index (χ1v) is 12.5. The van der Waals surface area contributed by atoms with E-state index >= 15 is 0 Å². The largest absolute Gasteiger partial charge is 0.494 e. The monoisotopic (exact) mass is 485 g/mol. The summed E-state index contributed by atoms with van der Waals surface area (Å²) in [6, 6.07) is 22.3. The first-order chi connectivity index (χ1) is 17.2. The number of ether oxygens (including phenoxy) is 3. The van der Waals surface area contributed by atoms with Gasteiger partial charge in [-0.2, -0.15) is 5.26 Å². The van der Waals surface area contributed by atoms with Crippen molar-refractivity contribution < 1.29 is 14.2 Å². The summed E-state index contributed by atoms with van der Waals surface area (Å²) >= 11 is 0. The molecule has 2 heterocycles. The molecule has 4 rings (SSSR count). The van der Waals surface area contributed by atoms with E-state index in [9.17, 15) is 5.26 Å². The van der Waals surface area contributed by atoms with Crippen molar-refractivity contribution in [1.29, 1.82) is 5.26 Å². The number of epoxide rings is 1. The van der Waals surface area contributed by atoms with Crippen LogP contribution >= 0.6 is 0 Å². The van der Waals surface area contributed by atoms with Crippen LogP contribution in [0.1, 0.15) is 55.9 Å². The van der Waals surface area contributed by atoms with Gasteiger partial charge in [-0.15, -0.1) is 0 Å². The van der Waals surface area contributed by atoms with Crippen LogP contribution in [0.5, 0.6) is 11.6 Å². The molecule has 0 aliphatic carbocycles. The Bertz CT molecular complexity index is 1200. The van der Waals surface area contributed by atoms with Crippen molar-refractivity contribution in [3.05, 3.63) is 89.1 Å². The molecule has 1 aromatic heterocycles. The third-order valence-corrected chi connectivity index (χ3v) is 6.85.